The number of hydrogen-bond acceptors (Lipinski definition) is 8. The Hall–Kier alpha value is -4.79. The Kier molecular flexibility index (Phi) is 11.4. The van der Waals surface area contributed by atoms with Gasteiger partial charge in [0.05, 0.1) is 22.5 Å². The van der Waals surface area contributed by atoms with Gasteiger partial charge in [-0.2, -0.15) is 4.31 Å². The van der Waals surface area contributed by atoms with Crippen LogP contribution >= 0.6 is 0 Å². The van der Waals surface area contributed by atoms with Gasteiger partial charge in [-0.25, -0.2) is 18.2 Å². The molecule has 4 aromatic rings. The molecule has 0 spiro atoms. The van der Waals surface area contributed by atoms with E-state index >= 15 is 0 Å². The van der Waals surface area contributed by atoms with Crippen molar-refractivity contribution >= 4 is 38.9 Å². The first kappa shape index (κ1) is 38.4. The zero-order valence-corrected chi connectivity index (χ0v) is 31.3. The molecule has 2 heterocycles. The summed E-state index contributed by atoms with van der Waals surface area (Å²) < 4.78 is 30.9. The third kappa shape index (κ3) is 8.30. The van der Waals surface area contributed by atoms with Crippen LogP contribution in [0.2, 0.25) is 0 Å². The van der Waals surface area contributed by atoms with Crippen LogP contribution in [0.1, 0.15) is 51.1 Å². The number of phenols is 1. The molecule has 278 valence electrons. The van der Waals surface area contributed by atoms with Crippen LogP contribution in [0.15, 0.2) is 77.7 Å². The fourth-order valence-electron chi connectivity index (χ4n) is 6.61. The molecule has 52 heavy (non-hydrogen) atoms. The fourth-order valence-corrected chi connectivity index (χ4v) is 8.30. The Bertz CT molecular complexity index is 2050. The molecule has 0 unspecified atom stereocenters. The topological polar surface area (TPSA) is 165 Å². The standard InChI is InChI=1S/C38H48N6O7S/c1-25(2)22-42(52(50,51)29-16-17-32(45)27(5)20-29)19-18-38(49,21-28-12-8-7-9-13-28)40-36(47)35(26(3)4)44-24-34(46)43(37(44)48)23-33-39-30-14-10-11-15-31(30)41(33)6/h7-17,20,25-26,35,45,49H,18-19,21-24H2,1-6H3,(H,40,47)/t35-,38+/m0/s1. The average Bonchev–Trinajstić information content (AvgIpc) is 3.54. The second kappa shape index (κ2) is 15.4. The van der Waals surface area contributed by atoms with E-state index in [0.29, 0.717) is 17.0 Å². The first-order chi connectivity index (χ1) is 24.5. The Morgan fingerprint density at radius 2 is 1.69 bits per heavy atom. The molecule has 0 saturated carbocycles. The number of aromatic nitrogens is 2. The zero-order valence-electron chi connectivity index (χ0n) is 30.5. The van der Waals surface area contributed by atoms with Gasteiger partial charge in [-0.1, -0.05) is 70.2 Å². The van der Waals surface area contributed by atoms with Gasteiger partial charge in [-0.15, -0.1) is 0 Å². The highest BCUT2D eigenvalue weighted by atomic mass is 32.2. The first-order valence-electron chi connectivity index (χ1n) is 17.4. The molecule has 1 fully saturated rings. The fraction of sp³-hybridized carbons (Fsp3) is 0.421. The number of hydrogen-bond donors (Lipinski definition) is 3. The van der Waals surface area contributed by atoms with Gasteiger partial charge in [-0.05, 0) is 60.2 Å². The Morgan fingerprint density at radius 1 is 1.02 bits per heavy atom. The van der Waals surface area contributed by atoms with E-state index in [2.05, 4.69) is 10.3 Å². The van der Waals surface area contributed by atoms with Gasteiger partial charge in [0.25, 0.3) is 5.91 Å². The zero-order chi connectivity index (χ0) is 38.0. The highest BCUT2D eigenvalue weighted by Gasteiger charge is 2.45. The minimum Gasteiger partial charge on any atom is -0.508 e. The summed E-state index contributed by atoms with van der Waals surface area (Å²) in [7, 11) is -2.25. The quantitative estimate of drug-likeness (QED) is 0.121. The average molecular weight is 733 g/mol. The van der Waals surface area contributed by atoms with Crippen LogP contribution in [0.25, 0.3) is 11.0 Å². The van der Waals surface area contributed by atoms with E-state index in [4.69, 9.17) is 0 Å². The second-order valence-electron chi connectivity index (χ2n) is 14.3. The number of para-hydroxylation sites is 2. The van der Waals surface area contributed by atoms with Gasteiger partial charge >= 0.3 is 6.03 Å². The summed E-state index contributed by atoms with van der Waals surface area (Å²) in [5, 5.41) is 25.0. The van der Waals surface area contributed by atoms with Crippen LogP contribution in [-0.4, -0.2) is 91.5 Å². The summed E-state index contributed by atoms with van der Waals surface area (Å²) in [6.07, 6.45) is -0.239. The number of rotatable bonds is 15. The molecule has 14 heteroatoms. The molecular weight excluding hydrogens is 685 g/mol. The lowest BCUT2D eigenvalue weighted by atomic mass is 9.96. The predicted octanol–water partition coefficient (Wildman–Crippen LogP) is 4.16. The van der Waals surface area contributed by atoms with Gasteiger partial charge in [0.15, 0.2) is 0 Å². The van der Waals surface area contributed by atoms with E-state index in [1.165, 1.54) is 27.4 Å². The number of benzene rings is 3. The molecule has 0 bridgehead atoms. The monoisotopic (exact) mass is 732 g/mol. The lowest BCUT2D eigenvalue weighted by Gasteiger charge is -2.36. The number of urea groups is 1. The third-order valence-corrected chi connectivity index (χ3v) is 11.2. The van der Waals surface area contributed by atoms with Crippen LogP contribution in [0.4, 0.5) is 4.79 Å². The lowest BCUT2D eigenvalue weighted by Crippen LogP contribution is -2.59. The number of carbonyl (C=O) groups is 3. The molecular formula is C38H48N6O7S. The number of nitrogens with one attached hydrogen (secondary N) is 1. The van der Waals surface area contributed by atoms with Crippen molar-refractivity contribution in [2.24, 2.45) is 18.9 Å². The van der Waals surface area contributed by atoms with Gasteiger partial charge in [0.2, 0.25) is 15.9 Å². The maximum absolute atomic E-state index is 14.2. The molecule has 1 aliphatic rings. The molecule has 5 rings (SSSR count). The van der Waals surface area contributed by atoms with Crippen LogP contribution in [-0.2, 0) is 39.6 Å². The molecule has 2 atom stereocenters. The van der Waals surface area contributed by atoms with Crippen molar-refractivity contribution in [3.8, 4) is 5.75 Å². The Morgan fingerprint density at radius 3 is 2.33 bits per heavy atom. The second-order valence-corrected chi connectivity index (χ2v) is 16.2. The van der Waals surface area contributed by atoms with Crippen LogP contribution < -0.4 is 5.32 Å². The number of imidazole rings is 1. The van der Waals surface area contributed by atoms with Crippen LogP contribution in [0.5, 0.6) is 5.75 Å². The largest absolute Gasteiger partial charge is 0.508 e. The highest BCUT2D eigenvalue weighted by Crippen LogP contribution is 2.27. The summed E-state index contributed by atoms with van der Waals surface area (Å²) in [5.74, 6) is -1.19. The summed E-state index contributed by atoms with van der Waals surface area (Å²) >= 11 is 0. The van der Waals surface area contributed by atoms with E-state index in [1.54, 1.807) is 45.0 Å². The first-order valence-corrected chi connectivity index (χ1v) is 18.8. The predicted molar refractivity (Wildman–Crippen MR) is 196 cm³/mol. The molecule has 1 aliphatic heterocycles. The van der Waals surface area contributed by atoms with E-state index in [1.807, 2.05) is 55.8 Å². The lowest BCUT2D eigenvalue weighted by molar-refractivity contribution is -0.135. The van der Waals surface area contributed by atoms with E-state index in [0.717, 1.165) is 15.9 Å². The van der Waals surface area contributed by atoms with Crippen LogP contribution in [0.3, 0.4) is 0 Å². The van der Waals surface area contributed by atoms with Crippen molar-refractivity contribution in [2.75, 3.05) is 19.6 Å². The maximum atomic E-state index is 14.2. The number of aromatic hydroxyl groups is 1. The minimum atomic E-state index is -4.06. The van der Waals surface area contributed by atoms with Gasteiger partial charge in [0, 0.05) is 33.0 Å². The van der Waals surface area contributed by atoms with E-state index in [9.17, 15) is 33.0 Å². The van der Waals surface area contributed by atoms with Crippen LogP contribution in [0, 0.1) is 18.8 Å². The number of imide groups is 1. The summed E-state index contributed by atoms with van der Waals surface area (Å²) in [4.78, 5) is 48.2. The minimum absolute atomic E-state index is 0.000588. The van der Waals surface area contributed by atoms with E-state index in [-0.39, 0.29) is 55.6 Å². The van der Waals surface area contributed by atoms with Crippen molar-refractivity contribution in [1.82, 2.24) is 29.0 Å². The van der Waals surface area contributed by atoms with Gasteiger partial charge < -0.3 is 25.0 Å². The number of nitrogens with zero attached hydrogens (tertiary/aromatic N) is 5. The smallest absolute Gasteiger partial charge is 0.328 e. The highest BCUT2D eigenvalue weighted by molar-refractivity contribution is 7.89. The molecule has 4 amide bonds. The molecule has 3 aromatic carbocycles. The maximum Gasteiger partial charge on any atom is 0.328 e. The molecule has 0 radical (unpaired) electrons. The molecule has 13 nitrogen and oxygen atoms in total. The van der Waals surface area contributed by atoms with Gasteiger partial charge in [0.1, 0.15) is 29.9 Å². The number of fused-ring (bicyclic) bond motifs is 1. The number of aliphatic hydroxyl groups is 1. The number of amides is 4. The number of aryl methyl sites for hydroxylation is 2. The van der Waals surface area contributed by atoms with Crippen molar-refractivity contribution < 1.29 is 33.0 Å². The molecule has 1 saturated heterocycles. The summed E-state index contributed by atoms with van der Waals surface area (Å²) in [6, 6.07) is 18.8. The number of carbonyl (C=O) groups excluding carboxylic acids is 3. The molecule has 0 aliphatic carbocycles. The van der Waals surface area contributed by atoms with Crippen molar-refractivity contribution in [3.05, 3.63) is 89.7 Å². The Labute approximate surface area is 304 Å². The van der Waals surface area contributed by atoms with Crippen molar-refractivity contribution in [3.63, 3.8) is 0 Å². The molecule has 1 aromatic heterocycles. The Balaban J connectivity index is 1.40. The van der Waals surface area contributed by atoms with E-state index < -0.39 is 45.6 Å². The molecule has 3 N–H and O–H groups in total. The number of phenolic OH excluding ortho intramolecular Hbond substituents is 1. The number of sulfonamides is 1. The SMILES string of the molecule is Cc1cc(S(=O)(=O)N(CC[C@@](O)(Cc2ccccc2)NC(=O)[C@H](C(C)C)N2CC(=O)N(Cc3nc4ccccc4n3C)C2=O)CC(C)C)ccc1O. The summed E-state index contributed by atoms with van der Waals surface area (Å²) in [5.41, 5.74) is 0.732. The van der Waals surface area contributed by atoms with Crippen molar-refractivity contribution in [2.45, 2.75) is 70.7 Å². The normalized spacial score (nSPS) is 15.7. The third-order valence-electron chi connectivity index (χ3n) is 9.34. The summed E-state index contributed by atoms with van der Waals surface area (Å²) in [6.45, 7) is 8.45. The van der Waals surface area contributed by atoms with Gasteiger partial charge in [-0.3, -0.25) is 14.5 Å². The van der Waals surface area contributed by atoms with Crippen molar-refractivity contribution in [1.29, 1.82) is 0 Å².